The lowest BCUT2D eigenvalue weighted by Gasteiger charge is -2.08. The standard InChI is InChI=1S/C19H17FN4O/c1-13-5-4-6-14(11-13)12-21-17-9-10-18(24-23-17)22-19(25)15-7-2-3-8-16(15)20/h2-11H,12H2,1H3,(H,21,23)(H,22,24,25). The minimum absolute atomic E-state index is 0.0362. The highest BCUT2D eigenvalue weighted by atomic mass is 19.1. The second kappa shape index (κ2) is 7.53. The second-order valence-corrected chi connectivity index (χ2v) is 5.58. The van der Waals surface area contributed by atoms with Crippen LogP contribution in [0.3, 0.4) is 0 Å². The van der Waals surface area contributed by atoms with E-state index in [-0.39, 0.29) is 11.4 Å². The fourth-order valence-corrected chi connectivity index (χ4v) is 2.34. The maximum Gasteiger partial charge on any atom is 0.259 e. The molecule has 1 heterocycles. The molecule has 0 saturated carbocycles. The van der Waals surface area contributed by atoms with Gasteiger partial charge in [-0.25, -0.2) is 4.39 Å². The molecule has 0 aliphatic heterocycles. The molecular formula is C19H17FN4O. The zero-order chi connectivity index (χ0) is 17.6. The van der Waals surface area contributed by atoms with Crippen LogP contribution in [0.2, 0.25) is 0 Å². The van der Waals surface area contributed by atoms with Crippen molar-refractivity contribution in [3.05, 3.63) is 83.2 Å². The molecule has 0 fully saturated rings. The van der Waals surface area contributed by atoms with Crippen LogP contribution in [-0.2, 0) is 6.54 Å². The number of nitrogens with one attached hydrogen (secondary N) is 2. The first-order valence-electron chi connectivity index (χ1n) is 7.81. The highest BCUT2D eigenvalue weighted by Gasteiger charge is 2.11. The Labute approximate surface area is 144 Å². The zero-order valence-electron chi connectivity index (χ0n) is 13.7. The molecule has 3 rings (SSSR count). The van der Waals surface area contributed by atoms with Crippen molar-refractivity contribution in [1.29, 1.82) is 0 Å². The van der Waals surface area contributed by atoms with Crippen LogP contribution in [0, 0.1) is 12.7 Å². The maximum absolute atomic E-state index is 13.6. The fourth-order valence-electron chi connectivity index (χ4n) is 2.34. The van der Waals surface area contributed by atoms with Crippen molar-refractivity contribution < 1.29 is 9.18 Å². The average molecular weight is 336 g/mol. The van der Waals surface area contributed by atoms with Crippen LogP contribution >= 0.6 is 0 Å². The topological polar surface area (TPSA) is 66.9 Å². The van der Waals surface area contributed by atoms with Crippen LogP contribution in [0.15, 0.2) is 60.7 Å². The molecule has 2 N–H and O–H groups in total. The smallest absolute Gasteiger partial charge is 0.259 e. The first-order valence-corrected chi connectivity index (χ1v) is 7.81. The second-order valence-electron chi connectivity index (χ2n) is 5.58. The van der Waals surface area contributed by atoms with E-state index in [1.807, 2.05) is 25.1 Å². The normalized spacial score (nSPS) is 10.3. The molecule has 5 nitrogen and oxygen atoms in total. The molecule has 0 aliphatic rings. The van der Waals surface area contributed by atoms with E-state index in [1.165, 1.54) is 23.8 Å². The molecule has 1 amide bonds. The van der Waals surface area contributed by atoms with Crippen LogP contribution in [0.5, 0.6) is 0 Å². The molecule has 0 saturated heterocycles. The van der Waals surface area contributed by atoms with E-state index in [1.54, 1.807) is 18.2 Å². The summed E-state index contributed by atoms with van der Waals surface area (Å²) in [6.07, 6.45) is 0. The number of carbonyl (C=O) groups excluding carboxylic acids is 1. The highest BCUT2D eigenvalue weighted by molar-refractivity contribution is 6.03. The molecule has 0 bridgehead atoms. The van der Waals surface area contributed by atoms with Gasteiger partial charge >= 0.3 is 0 Å². The first-order chi connectivity index (χ1) is 12.1. The number of hydrogen-bond acceptors (Lipinski definition) is 4. The van der Waals surface area contributed by atoms with Crippen molar-refractivity contribution in [2.45, 2.75) is 13.5 Å². The van der Waals surface area contributed by atoms with E-state index in [4.69, 9.17) is 0 Å². The largest absolute Gasteiger partial charge is 0.365 e. The van der Waals surface area contributed by atoms with Crippen molar-refractivity contribution in [1.82, 2.24) is 10.2 Å². The van der Waals surface area contributed by atoms with Crippen LogP contribution in [0.25, 0.3) is 0 Å². The number of carbonyl (C=O) groups is 1. The Morgan fingerprint density at radius 3 is 2.48 bits per heavy atom. The molecule has 6 heteroatoms. The maximum atomic E-state index is 13.6. The molecule has 0 radical (unpaired) electrons. The summed E-state index contributed by atoms with van der Waals surface area (Å²) >= 11 is 0. The Kier molecular flexibility index (Phi) is 4.99. The van der Waals surface area contributed by atoms with Gasteiger partial charge in [0.25, 0.3) is 5.91 Å². The number of benzene rings is 2. The molecule has 0 unspecified atom stereocenters. The Balaban J connectivity index is 1.60. The van der Waals surface area contributed by atoms with Crippen molar-refractivity contribution in [2.24, 2.45) is 0 Å². The van der Waals surface area contributed by atoms with Crippen LogP contribution in [-0.4, -0.2) is 16.1 Å². The molecule has 25 heavy (non-hydrogen) atoms. The number of aromatic nitrogens is 2. The summed E-state index contributed by atoms with van der Waals surface area (Å²) in [5.74, 6) is -0.294. The number of anilines is 2. The van der Waals surface area contributed by atoms with Gasteiger partial charge in [-0.1, -0.05) is 42.0 Å². The number of hydrogen-bond donors (Lipinski definition) is 2. The van der Waals surface area contributed by atoms with Gasteiger partial charge < -0.3 is 10.6 Å². The van der Waals surface area contributed by atoms with Crippen molar-refractivity contribution in [2.75, 3.05) is 10.6 Å². The van der Waals surface area contributed by atoms with E-state index < -0.39 is 11.7 Å². The van der Waals surface area contributed by atoms with E-state index in [0.29, 0.717) is 12.4 Å². The Morgan fingerprint density at radius 2 is 1.76 bits per heavy atom. The summed E-state index contributed by atoms with van der Waals surface area (Å²) in [5.41, 5.74) is 2.29. The van der Waals surface area contributed by atoms with Gasteiger partial charge in [0.2, 0.25) is 0 Å². The minimum atomic E-state index is -0.579. The van der Waals surface area contributed by atoms with Crippen molar-refractivity contribution in [3.8, 4) is 0 Å². The monoisotopic (exact) mass is 336 g/mol. The quantitative estimate of drug-likeness (QED) is 0.744. The highest BCUT2D eigenvalue weighted by Crippen LogP contribution is 2.12. The first kappa shape index (κ1) is 16.6. The van der Waals surface area contributed by atoms with E-state index >= 15 is 0 Å². The summed E-state index contributed by atoms with van der Waals surface area (Å²) in [6, 6.07) is 17.2. The van der Waals surface area contributed by atoms with Crippen LogP contribution in [0.4, 0.5) is 16.0 Å². The minimum Gasteiger partial charge on any atom is -0.365 e. The van der Waals surface area contributed by atoms with Gasteiger partial charge in [-0.05, 0) is 36.8 Å². The van der Waals surface area contributed by atoms with Gasteiger partial charge in [0, 0.05) is 6.54 Å². The van der Waals surface area contributed by atoms with Gasteiger partial charge in [0.05, 0.1) is 5.56 Å². The van der Waals surface area contributed by atoms with Gasteiger partial charge in [0.15, 0.2) is 5.82 Å². The van der Waals surface area contributed by atoms with Gasteiger partial charge in [-0.2, -0.15) is 0 Å². The Morgan fingerprint density at radius 1 is 1.00 bits per heavy atom. The molecule has 0 atom stereocenters. The number of amides is 1. The van der Waals surface area contributed by atoms with E-state index in [2.05, 4.69) is 26.9 Å². The predicted octanol–water partition coefficient (Wildman–Crippen LogP) is 3.79. The van der Waals surface area contributed by atoms with Crippen LogP contribution < -0.4 is 10.6 Å². The third-order valence-corrected chi connectivity index (χ3v) is 3.58. The lowest BCUT2D eigenvalue weighted by Crippen LogP contribution is -2.15. The summed E-state index contributed by atoms with van der Waals surface area (Å²) in [7, 11) is 0. The lowest BCUT2D eigenvalue weighted by atomic mass is 10.1. The summed E-state index contributed by atoms with van der Waals surface area (Å²) in [4.78, 5) is 12.0. The van der Waals surface area contributed by atoms with Crippen LogP contribution in [0.1, 0.15) is 21.5 Å². The van der Waals surface area contributed by atoms with Crippen molar-refractivity contribution in [3.63, 3.8) is 0 Å². The predicted molar refractivity (Wildman–Crippen MR) is 94.9 cm³/mol. The number of nitrogens with zero attached hydrogens (tertiary/aromatic N) is 2. The average Bonchev–Trinajstić information content (AvgIpc) is 2.61. The number of rotatable bonds is 5. The third kappa shape index (κ3) is 4.38. The zero-order valence-corrected chi connectivity index (χ0v) is 13.7. The fraction of sp³-hybridized carbons (Fsp3) is 0.105. The molecule has 0 spiro atoms. The van der Waals surface area contributed by atoms with Gasteiger partial charge in [-0.3, -0.25) is 4.79 Å². The Hall–Kier alpha value is -3.28. The molecular weight excluding hydrogens is 319 g/mol. The van der Waals surface area contributed by atoms with Gasteiger partial charge in [0.1, 0.15) is 11.6 Å². The SMILES string of the molecule is Cc1cccc(CNc2ccc(NC(=O)c3ccccc3F)nn2)c1. The molecule has 2 aromatic carbocycles. The lowest BCUT2D eigenvalue weighted by molar-refractivity contribution is 0.102. The summed E-state index contributed by atoms with van der Waals surface area (Å²) in [5, 5.41) is 13.6. The Bertz CT molecular complexity index is 881. The molecule has 0 aliphatic carbocycles. The summed E-state index contributed by atoms with van der Waals surface area (Å²) in [6.45, 7) is 2.66. The molecule has 1 aromatic heterocycles. The van der Waals surface area contributed by atoms with E-state index in [0.717, 1.165) is 5.56 Å². The molecule has 126 valence electrons. The number of aryl methyl sites for hydroxylation is 1. The van der Waals surface area contributed by atoms with Crippen molar-refractivity contribution >= 4 is 17.5 Å². The number of halogens is 1. The van der Waals surface area contributed by atoms with E-state index in [9.17, 15) is 9.18 Å². The molecule has 3 aromatic rings. The summed E-state index contributed by atoms with van der Waals surface area (Å²) < 4.78 is 13.6. The van der Waals surface area contributed by atoms with Gasteiger partial charge in [-0.15, -0.1) is 10.2 Å². The third-order valence-electron chi connectivity index (χ3n) is 3.58.